The normalized spacial score (nSPS) is 14.5. The fraction of sp³-hybridized carbons (Fsp3) is 0.939. The second-order valence-corrected chi connectivity index (χ2v) is 10.6. The molecule has 0 aromatic heterocycles. The quantitative estimate of drug-likeness (QED) is 0.0960. The Hall–Kier alpha value is -1.06. The summed E-state index contributed by atoms with van der Waals surface area (Å²) in [4.78, 5) is 0. The van der Waals surface area contributed by atoms with Crippen LogP contribution in [0.5, 0.6) is 0 Å². The average Bonchev–Trinajstić information content (AvgIpc) is 3.51. The van der Waals surface area contributed by atoms with Crippen LogP contribution in [0, 0.1) is 0 Å². The molecule has 0 saturated carbocycles. The average molecular weight is 653 g/mol. The molecule has 12 nitrogen and oxygen atoms in total. The molecule has 0 aromatic carbocycles. The molecule has 0 aliphatic carbocycles. The van der Waals surface area contributed by atoms with E-state index >= 15 is 0 Å². The summed E-state index contributed by atoms with van der Waals surface area (Å²) >= 11 is 0. The summed E-state index contributed by atoms with van der Waals surface area (Å²) in [6.07, 6.45) is 14.3. The lowest BCUT2D eigenvalue weighted by Crippen LogP contribution is -2.15. The van der Waals surface area contributed by atoms with Crippen molar-refractivity contribution in [3.05, 3.63) is 12.0 Å². The lowest BCUT2D eigenvalue weighted by Gasteiger charge is -2.12. The standard InChI is InChI=1S/C33H64O12/c1-2-3-4-5-6-7-8-9-10-11-33-44-31-32(45-33)30-43-29-28-42-27-26-41-25-24-40-23-22-39-21-20-38-19-18-37-17-16-36-15-14-35-13-12-34/h31,33-34H,2-30H2,1H3. The van der Waals surface area contributed by atoms with Crippen molar-refractivity contribution >= 4 is 0 Å². The fourth-order valence-electron chi connectivity index (χ4n) is 4.19. The topological polar surface area (TPSA) is 122 Å². The van der Waals surface area contributed by atoms with Gasteiger partial charge in [0.2, 0.25) is 6.29 Å². The van der Waals surface area contributed by atoms with Crippen LogP contribution in [0.2, 0.25) is 0 Å². The van der Waals surface area contributed by atoms with Gasteiger partial charge in [-0.25, -0.2) is 0 Å². The lowest BCUT2D eigenvalue weighted by atomic mass is 10.1. The van der Waals surface area contributed by atoms with Gasteiger partial charge in [0, 0.05) is 6.42 Å². The Morgan fingerprint density at radius 2 is 0.844 bits per heavy atom. The first kappa shape index (κ1) is 42.0. The summed E-state index contributed by atoms with van der Waals surface area (Å²) in [5.74, 6) is 0.746. The maximum absolute atomic E-state index is 8.58. The molecule has 0 amide bonds. The van der Waals surface area contributed by atoms with Gasteiger partial charge >= 0.3 is 0 Å². The molecule has 0 spiro atoms. The van der Waals surface area contributed by atoms with Crippen LogP contribution >= 0.6 is 0 Å². The summed E-state index contributed by atoms with van der Waals surface area (Å²) < 4.78 is 60.3. The monoisotopic (exact) mass is 652 g/mol. The molecule has 0 fully saturated rings. The highest BCUT2D eigenvalue weighted by Crippen LogP contribution is 2.20. The number of ether oxygens (including phenoxy) is 11. The number of unbranched alkanes of at least 4 members (excludes halogenated alkanes) is 8. The summed E-state index contributed by atoms with van der Waals surface area (Å²) in [6.45, 7) is 11.1. The smallest absolute Gasteiger partial charge is 0.240 e. The number of hydrogen-bond donors (Lipinski definition) is 1. The van der Waals surface area contributed by atoms with E-state index in [0.717, 1.165) is 18.6 Å². The molecule has 12 heteroatoms. The third-order valence-electron chi connectivity index (χ3n) is 6.63. The minimum absolute atomic E-state index is 0.0277. The number of aliphatic hydroxyl groups excluding tert-OH is 1. The Morgan fingerprint density at radius 3 is 1.24 bits per heavy atom. The van der Waals surface area contributed by atoms with Crippen LogP contribution in [0.1, 0.15) is 71.1 Å². The van der Waals surface area contributed by atoms with E-state index in [1.165, 1.54) is 51.4 Å². The van der Waals surface area contributed by atoms with E-state index < -0.39 is 0 Å². The third-order valence-corrected chi connectivity index (χ3v) is 6.63. The molecule has 45 heavy (non-hydrogen) atoms. The first-order chi connectivity index (χ1) is 22.4. The zero-order chi connectivity index (χ0) is 32.1. The number of aliphatic hydroxyl groups is 1. The Morgan fingerprint density at radius 1 is 0.489 bits per heavy atom. The van der Waals surface area contributed by atoms with E-state index in [-0.39, 0.29) is 12.9 Å². The highest BCUT2D eigenvalue weighted by atomic mass is 16.7. The molecule has 268 valence electrons. The van der Waals surface area contributed by atoms with Gasteiger partial charge in [-0.3, -0.25) is 0 Å². The van der Waals surface area contributed by atoms with Crippen LogP contribution < -0.4 is 0 Å². The Kier molecular flexibility index (Phi) is 33.4. The van der Waals surface area contributed by atoms with Gasteiger partial charge in [-0.15, -0.1) is 0 Å². The Balaban J connectivity index is 1.68. The number of hydrogen-bond acceptors (Lipinski definition) is 12. The molecule has 1 aliphatic heterocycles. The molecule has 1 unspecified atom stereocenters. The highest BCUT2D eigenvalue weighted by molar-refractivity contribution is 4.92. The minimum atomic E-state index is -0.164. The van der Waals surface area contributed by atoms with Crippen LogP contribution in [-0.2, 0) is 52.1 Å². The molecule has 0 saturated heterocycles. The predicted molar refractivity (Wildman–Crippen MR) is 170 cm³/mol. The molecule has 0 radical (unpaired) electrons. The van der Waals surface area contributed by atoms with Gasteiger partial charge in [-0.1, -0.05) is 58.3 Å². The molecular formula is C33H64O12. The number of rotatable bonds is 38. The fourth-order valence-corrected chi connectivity index (χ4v) is 4.19. The van der Waals surface area contributed by atoms with Crippen molar-refractivity contribution in [2.75, 3.05) is 126 Å². The zero-order valence-corrected chi connectivity index (χ0v) is 28.1. The van der Waals surface area contributed by atoms with Crippen LogP contribution in [-0.4, -0.2) is 137 Å². The predicted octanol–water partition coefficient (Wildman–Crippen LogP) is 4.26. The van der Waals surface area contributed by atoms with Crippen LogP contribution in [0.3, 0.4) is 0 Å². The van der Waals surface area contributed by atoms with Gasteiger partial charge in [0.25, 0.3) is 0 Å². The Labute approximate surface area is 272 Å². The minimum Gasteiger partial charge on any atom is -0.459 e. The van der Waals surface area contributed by atoms with Crippen molar-refractivity contribution in [1.29, 1.82) is 0 Å². The van der Waals surface area contributed by atoms with Crippen LogP contribution in [0.4, 0.5) is 0 Å². The summed E-state index contributed by atoms with van der Waals surface area (Å²) in [5, 5.41) is 8.58. The van der Waals surface area contributed by atoms with Crippen molar-refractivity contribution < 1.29 is 57.2 Å². The van der Waals surface area contributed by atoms with Crippen molar-refractivity contribution in [3.8, 4) is 0 Å². The van der Waals surface area contributed by atoms with E-state index in [9.17, 15) is 0 Å². The maximum Gasteiger partial charge on any atom is 0.240 e. The van der Waals surface area contributed by atoms with Gasteiger partial charge < -0.3 is 57.2 Å². The zero-order valence-electron chi connectivity index (χ0n) is 28.1. The third kappa shape index (κ3) is 31.3. The molecule has 1 atom stereocenters. The van der Waals surface area contributed by atoms with Crippen molar-refractivity contribution in [2.45, 2.75) is 77.4 Å². The van der Waals surface area contributed by atoms with Crippen molar-refractivity contribution in [1.82, 2.24) is 0 Å². The molecule has 1 N–H and O–H groups in total. The second-order valence-electron chi connectivity index (χ2n) is 10.6. The summed E-state index contributed by atoms with van der Waals surface area (Å²) in [7, 11) is 0. The molecule has 0 aromatic rings. The molecule has 0 bridgehead atoms. The van der Waals surface area contributed by atoms with E-state index in [2.05, 4.69) is 6.92 Å². The SMILES string of the molecule is CCCCCCCCCCCC1OC=C(COCCOCCOCCOCCOCCOCCOCCOCCOCCO)O1. The lowest BCUT2D eigenvalue weighted by molar-refractivity contribution is -0.0501. The highest BCUT2D eigenvalue weighted by Gasteiger charge is 2.18. The summed E-state index contributed by atoms with van der Waals surface area (Å²) in [5.41, 5.74) is 0. The van der Waals surface area contributed by atoms with E-state index in [1.54, 1.807) is 6.26 Å². The van der Waals surface area contributed by atoms with E-state index in [1.807, 2.05) is 0 Å². The van der Waals surface area contributed by atoms with Crippen molar-refractivity contribution in [3.63, 3.8) is 0 Å². The molecule has 1 heterocycles. The first-order valence-electron chi connectivity index (χ1n) is 17.2. The van der Waals surface area contributed by atoms with Gasteiger partial charge in [0.15, 0.2) is 5.76 Å². The Bertz CT molecular complexity index is 610. The molecule has 1 rings (SSSR count). The van der Waals surface area contributed by atoms with Gasteiger partial charge in [0.1, 0.15) is 12.9 Å². The van der Waals surface area contributed by atoms with E-state index in [4.69, 9.17) is 57.2 Å². The maximum atomic E-state index is 8.58. The van der Waals surface area contributed by atoms with Crippen molar-refractivity contribution in [2.24, 2.45) is 0 Å². The van der Waals surface area contributed by atoms with Gasteiger partial charge in [-0.05, 0) is 6.42 Å². The summed E-state index contributed by atoms with van der Waals surface area (Å²) in [6, 6.07) is 0. The molecular weight excluding hydrogens is 588 g/mol. The van der Waals surface area contributed by atoms with E-state index in [0.29, 0.717) is 119 Å². The largest absolute Gasteiger partial charge is 0.459 e. The molecule has 1 aliphatic rings. The first-order valence-corrected chi connectivity index (χ1v) is 17.2. The van der Waals surface area contributed by atoms with Gasteiger partial charge in [0.05, 0.1) is 119 Å². The van der Waals surface area contributed by atoms with Gasteiger partial charge in [-0.2, -0.15) is 0 Å². The van der Waals surface area contributed by atoms with Crippen LogP contribution in [0.15, 0.2) is 12.0 Å². The van der Waals surface area contributed by atoms with Crippen LogP contribution in [0.25, 0.3) is 0 Å². The second kappa shape index (κ2) is 35.8.